The Morgan fingerprint density at radius 2 is 1.90 bits per heavy atom. The number of nitrogens with zero attached hydrogens (tertiary/aromatic N) is 1. The molecular weight excluding hydrogens is 280 g/mol. The van der Waals surface area contributed by atoms with Gasteiger partial charge in [-0.15, -0.1) is 11.8 Å². The second-order valence-electron chi connectivity index (χ2n) is 5.07. The fourth-order valence-corrected chi connectivity index (χ4v) is 3.42. The van der Waals surface area contributed by atoms with E-state index >= 15 is 0 Å². The van der Waals surface area contributed by atoms with E-state index in [0.29, 0.717) is 0 Å². The average Bonchev–Trinajstić information content (AvgIpc) is 2.51. The highest BCUT2D eigenvalue weighted by Crippen LogP contribution is 2.29. The minimum Gasteiger partial charge on any atom is -0.409 e. The third-order valence-electron chi connectivity index (χ3n) is 3.42. The van der Waals surface area contributed by atoms with Crippen LogP contribution < -0.4 is 5.73 Å². The van der Waals surface area contributed by atoms with Gasteiger partial charge in [0.2, 0.25) is 0 Å². The number of hydrogen-bond donors (Lipinski definition) is 2. The van der Waals surface area contributed by atoms with Crippen LogP contribution in [-0.2, 0) is 0 Å². The lowest BCUT2D eigenvalue weighted by Crippen LogP contribution is -2.23. The summed E-state index contributed by atoms with van der Waals surface area (Å²) in [5, 5.41) is 12.2. The van der Waals surface area contributed by atoms with Gasteiger partial charge in [-0.2, -0.15) is 0 Å². The van der Waals surface area contributed by atoms with Crippen LogP contribution in [0.5, 0.6) is 0 Å². The molecule has 0 bridgehead atoms. The summed E-state index contributed by atoms with van der Waals surface area (Å²) in [5.74, 6) is 0.893. The Morgan fingerprint density at radius 3 is 2.57 bits per heavy atom. The zero-order chi connectivity index (χ0) is 15.2. The molecule has 1 atom stereocenters. The van der Waals surface area contributed by atoms with Crippen molar-refractivity contribution >= 4 is 17.6 Å². The molecule has 21 heavy (non-hydrogen) atoms. The van der Waals surface area contributed by atoms with E-state index in [9.17, 15) is 0 Å². The molecule has 2 aromatic carbocycles. The molecule has 0 heterocycles. The van der Waals surface area contributed by atoms with E-state index in [1.165, 1.54) is 16.0 Å². The third kappa shape index (κ3) is 4.02. The number of hydrogen-bond acceptors (Lipinski definition) is 3. The zero-order valence-corrected chi connectivity index (χ0v) is 13.1. The van der Waals surface area contributed by atoms with E-state index in [-0.39, 0.29) is 11.8 Å². The third-order valence-corrected chi connectivity index (χ3v) is 4.67. The molecule has 2 rings (SSSR count). The van der Waals surface area contributed by atoms with Crippen molar-refractivity contribution in [3.63, 3.8) is 0 Å². The minimum absolute atomic E-state index is 0.0962. The Hall–Kier alpha value is -1.94. The quantitative estimate of drug-likeness (QED) is 0.289. The van der Waals surface area contributed by atoms with Gasteiger partial charge in [-0.3, -0.25) is 0 Å². The summed E-state index contributed by atoms with van der Waals surface area (Å²) in [6.45, 7) is 4.19. The molecule has 0 fully saturated rings. The number of rotatable bonds is 5. The Morgan fingerprint density at radius 1 is 1.19 bits per heavy atom. The molecule has 0 amide bonds. The monoisotopic (exact) mass is 300 g/mol. The van der Waals surface area contributed by atoms with Crippen molar-refractivity contribution in [1.29, 1.82) is 0 Å². The maximum atomic E-state index is 9.02. The van der Waals surface area contributed by atoms with Crippen molar-refractivity contribution in [1.82, 2.24) is 0 Å². The van der Waals surface area contributed by atoms with Crippen molar-refractivity contribution in [3.8, 4) is 0 Å². The first-order chi connectivity index (χ1) is 10.1. The second kappa shape index (κ2) is 7.18. The van der Waals surface area contributed by atoms with Crippen molar-refractivity contribution in [3.05, 3.63) is 65.2 Å². The van der Waals surface area contributed by atoms with Gasteiger partial charge < -0.3 is 10.9 Å². The molecule has 0 saturated heterocycles. The lowest BCUT2D eigenvalue weighted by Gasteiger charge is -2.16. The van der Waals surface area contributed by atoms with Gasteiger partial charge in [0.05, 0.1) is 5.92 Å². The van der Waals surface area contributed by atoms with Gasteiger partial charge in [0.15, 0.2) is 0 Å². The lowest BCUT2D eigenvalue weighted by molar-refractivity contribution is 0.316. The lowest BCUT2D eigenvalue weighted by atomic mass is 10.0. The molecule has 0 saturated carbocycles. The fourth-order valence-electron chi connectivity index (χ4n) is 2.14. The van der Waals surface area contributed by atoms with Crippen molar-refractivity contribution < 1.29 is 5.21 Å². The van der Waals surface area contributed by atoms with Crippen molar-refractivity contribution in [2.24, 2.45) is 10.9 Å². The summed E-state index contributed by atoms with van der Waals surface area (Å²) in [6.07, 6.45) is 0. The number of amidine groups is 1. The molecule has 4 heteroatoms. The van der Waals surface area contributed by atoms with Crippen LogP contribution in [0.1, 0.15) is 22.6 Å². The first kappa shape index (κ1) is 15.4. The summed E-state index contributed by atoms with van der Waals surface area (Å²) in [7, 11) is 0. The van der Waals surface area contributed by atoms with Gasteiger partial charge in [-0.05, 0) is 31.0 Å². The van der Waals surface area contributed by atoms with E-state index in [2.05, 4.69) is 37.2 Å². The Labute approximate surface area is 129 Å². The van der Waals surface area contributed by atoms with Crippen LogP contribution in [0.3, 0.4) is 0 Å². The molecule has 2 aromatic rings. The summed E-state index contributed by atoms with van der Waals surface area (Å²) in [6, 6.07) is 16.3. The fraction of sp³-hybridized carbons (Fsp3) is 0.235. The molecule has 0 aliphatic heterocycles. The van der Waals surface area contributed by atoms with E-state index < -0.39 is 0 Å². The second-order valence-corrected chi connectivity index (χ2v) is 6.13. The van der Waals surface area contributed by atoms with Crippen LogP contribution in [-0.4, -0.2) is 16.8 Å². The molecule has 0 aromatic heterocycles. The number of aryl methyl sites for hydroxylation is 2. The molecule has 0 spiro atoms. The molecule has 1 unspecified atom stereocenters. The molecule has 0 aliphatic carbocycles. The molecular formula is C17H20N2OS. The first-order valence-corrected chi connectivity index (χ1v) is 7.82. The summed E-state index contributed by atoms with van der Waals surface area (Å²) in [5.41, 5.74) is 9.41. The standard InChI is InChI=1S/C17H20N2OS/c1-12-8-9-13(2)16(10-12)21-11-15(17(18)19-20)14-6-4-3-5-7-14/h3-10,15,20H,11H2,1-2H3,(H2,18,19). The van der Waals surface area contributed by atoms with Gasteiger partial charge >= 0.3 is 0 Å². The maximum Gasteiger partial charge on any atom is 0.147 e. The van der Waals surface area contributed by atoms with Crippen molar-refractivity contribution in [2.45, 2.75) is 24.7 Å². The largest absolute Gasteiger partial charge is 0.409 e. The van der Waals surface area contributed by atoms with Crippen LogP contribution >= 0.6 is 11.8 Å². The minimum atomic E-state index is -0.0962. The highest BCUT2D eigenvalue weighted by molar-refractivity contribution is 7.99. The predicted molar refractivity (Wildman–Crippen MR) is 89.2 cm³/mol. The molecule has 3 N–H and O–H groups in total. The summed E-state index contributed by atoms with van der Waals surface area (Å²) >= 11 is 1.74. The molecule has 0 aliphatic rings. The van der Waals surface area contributed by atoms with E-state index in [0.717, 1.165) is 11.3 Å². The van der Waals surface area contributed by atoms with Crippen LogP contribution in [0.15, 0.2) is 58.6 Å². The van der Waals surface area contributed by atoms with Gasteiger partial charge in [0.25, 0.3) is 0 Å². The highest BCUT2D eigenvalue weighted by Gasteiger charge is 2.17. The summed E-state index contributed by atoms with van der Waals surface area (Å²) in [4.78, 5) is 1.24. The molecule has 110 valence electrons. The Bertz CT molecular complexity index is 626. The number of oxime groups is 1. The summed E-state index contributed by atoms with van der Waals surface area (Å²) < 4.78 is 0. The topological polar surface area (TPSA) is 58.6 Å². The Kier molecular flexibility index (Phi) is 5.28. The van der Waals surface area contributed by atoms with Crippen LogP contribution in [0.25, 0.3) is 0 Å². The van der Waals surface area contributed by atoms with Gasteiger partial charge in [0, 0.05) is 10.6 Å². The highest BCUT2D eigenvalue weighted by atomic mass is 32.2. The van der Waals surface area contributed by atoms with Crippen molar-refractivity contribution in [2.75, 3.05) is 5.75 Å². The number of benzene rings is 2. The predicted octanol–water partition coefficient (Wildman–Crippen LogP) is 3.93. The Balaban J connectivity index is 2.19. The van der Waals surface area contributed by atoms with Gasteiger partial charge in [-0.25, -0.2) is 0 Å². The van der Waals surface area contributed by atoms with Crippen LogP contribution in [0, 0.1) is 13.8 Å². The van der Waals surface area contributed by atoms with Gasteiger partial charge in [-0.1, -0.05) is 53.2 Å². The van der Waals surface area contributed by atoms with Crippen LogP contribution in [0.2, 0.25) is 0 Å². The van der Waals surface area contributed by atoms with E-state index in [1.807, 2.05) is 30.3 Å². The average molecular weight is 300 g/mol. The molecule has 0 radical (unpaired) electrons. The molecule has 3 nitrogen and oxygen atoms in total. The smallest absolute Gasteiger partial charge is 0.147 e. The van der Waals surface area contributed by atoms with E-state index in [4.69, 9.17) is 10.9 Å². The van der Waals surface area contributed by atoms with Crippen LogP contribution in [0.4, 0.5) is 0 Å². The first-order valence-electron chi connectivity index (χ1n) is 6.84. The maximum absolute atomic E-state index is 9.02. The van der Waals surface area contributed by atoms with E-state index in [1.54, 1.807) is 11.8 Å². The zero-order valence-electron chi connectivity index (χ0n) is 12.3. The normalized spacial score (nSPS) is 13.1. The number of nitrogens with two attached hydrogens (primary N) is 1. The van der Waals surface area contributed by atoms with Gasteiger partial charge in [0.1, 0.15) is 5.84 Å². The SMILES string of the molecule is Cc1ccc(C)c(SCC(C(N)=NO)c2ccccc2)c1. The number of thioether (sulfide) groups is 1.